The van der Waals surface area contributed by atoms with Crippen molar-refractivity contribution >= 4 is 0 Å². The van der Waals surface area contributed by atoms with Crippen LogP contribution in [0.25, 0.3) is 11.1 Å². The second kappa shape index (κ2) is 6.91. The van der Waals surface area contributed by atoms with Gasteiger partial charge in [0.2, 0.25) is 0 Å². The molecule has 3 rings (SSSR count). The highest BCUT2D eigenvalue weighted by Crippen LogP contribution is 2.36. The molecule has 2 unspecified atom stereocenters. The van der Waals surface area contributed by atoms with E-state index >= 15 is 0 Å². The topological polar surface area (TPSA) is 26.0 Å². The monoisotopic (exact) mass is 279 g/mol. The smallest absolute Gasteiger partial charge is 0.00430 e. The van der Waals surface area contributed by atoms with Gasteiger partial charge in [0.25, 0.3) is 0 Å². The average molecular weight is 279 g/mol. The van der Waals surface area contributed by atoms with E-state index in [1.807, 2.05) is 0 Å². The summed E-state index contributed by atoms with van der Waals surface area (Å²) < 4.78 is 0. The zero-order valence-electron chi connectivity index (χ0n) is 12.7. The van der Waals surface area contributed by atoms with Gasteiger partial charge in [0.1, 0.15) is 0 Å². The number of nitrogens with two attached hydrogens (primary N) is 1. The summed E-state index contributed by atoms with van der Waals surface area (Å²) in [6.07, 6.45) is 6.66. The van der Waals surface area contributed by atoms with Crippen molar-refractivity contribution < 1.29 is 0 Å². The van der Waals surface area contributed by atoms with Crippen LogP contribution < -0.4 is 5.73 Å². The molecule has 0 spiro atoms. The summed E-state index contributed by atoms with van der Waals surface area (Å²) in [5, 5.41) is 0. The van der Waals surface area contributed by atoms with Gasteiger partial charge in [0, 0.05) is 0 Å². The Morgan fingerprint density at radius 2 is 1.43 bits per heavy atom. The Morgan fingerprint density at radius 1 is 0.762 bits per heavy atom. The van der Waals surface area contributed by atoms with E-state index in [1.54, 1.807) is 0 Å². The second-order valence-electron chi connectivity index (χ2n) is 6.23. The van der Waals surface area contributed by atoms with Gasteiger partial charge in [-0.2, -0.15) is 0 Å². The summed E-state index contributed by atoms with van der Waals surface area (Å²) >= 11 is 0. The first-order valence-electron chi connectivity index (χ1n) is 8.24. The maximum Gasteiger partial charge on any atom is -0.00430 e. The van der Waals surface area contributed by atoms with Crippen LogP contribution in [0, 0.1) is 5.92 Å². The van der Waals surface area contributed by atoms with Crippen molar-refractivity contribution in [2.45, 2.75) is 38.0 Å². The summed E-state index contributed by atoms with van der Waals surface area (Å²) in [6.45, 7) is 0.825. The molecular formula is C20H25N. The van der Waals surface area contributed by atoms with Crippen LogP contribution in [-0.2, 0) is 0 Å². The van der Waals surface area contributed by atoms with Gasteiger partial charge in [-0.25, -0.2) is 0 Å². The quantitative estimate of drug-likeness (QED) is 0.788. The summed E-state index contributed by atoms with van der Waals surface area (Å²) in [6, 6.07) is 19.8. The summed E-state index contributed by atoms with van der Waals surface area (Å²) in [5.74, 6) is 1.32. The molecule has 0 aromatic heterocycles. The van der Waals surface area contributed by atoms with E-state index in [2.05, 4.69) is 54.6 Å². The normalized spacial score (nSPS) is 22.7. The highest BCUT2D eigenvalue weighted by atomic mass is 14.6. The molecule has 2 N–H and O–H groups in total. The first kappa shape index (κ1) is 14.3. The van der Waals surface area contributed by atoms with Crippen molar-refractivity contribution in [2.24, 2.45) is 11.7 Å². The maximum atomic E-state index is 6.02. The maximum absolute atomic E-state index is 6.02. The Balaban J connectivity index is 1.82. The van der Waals surface area contributed by atoms with Gasteiger partial charge in [-0.15, -0.1) is 0 Å². The Bertz CT molecular complexity index is 544. The fraction of sp³-hybridized carbons (Fsp3) is 0.400. The molecule has 2 atom stereocenters. The van der Waals surface area contributed by atoms with E-state index in [4.69, 9.17) is 5.73 Å². The van der Waals surface area contributed by atoms with Crippen LogP contribution in [0.3, 0.4) is 0 Å². The largest absolute Gasteiger partial charge is 0.330 e. The van der Waals surface area contributed by atoms with Crippen LogP contribution in [0.2, 0.25) is 0 Å². The number of hydrogen-bond acceptors (Lipinski definition) is 1. The number of hydrogen-bond donors (Lipinski definition) is 1. The van der Waals surface area contributed by atoms with Crippen LogP contribution in [0.1, 0.15) is 43.6 Å². The lowest BCUT2D eigenvalue weighted by molar-refractivity contribution is 0.408. The zero-order valence-corrected chi connectivity index (χ0v) is 12.7. The van der Waals surface area contributed by atoms with Gasteiger partial charge in [-0.3, -0.25) is 0 Å². The van der Waals surface area contributed by atoms with Crippen LogP contribution in [0.5, 0.6) is 0 Å². The molecule has 1 fully saturated rings. The third-order valence-electron chi connectivity index (χ3n) is 4.91. The predicted molar refractivity (Wildman–Crippen MR) is 90.2 cm³/mol. The number of benzene rings is 2. The van der Waals surface area contributed by atoms with Crippen molar-refractivity contribution in [3.63, 3.8) is 0 Å². The first-order chi connectivity index (χ1) is 10.4. The van der Waals surface area contributed by atoms with Gasteiger partial charge in [0.15, 0.2) is 0 Å². The first-order valence-corrected chi connectivity index (χ1v) is 8.24. The SMILES string of the molecule is NCC1CCCCCC1c1ccc(-c2ccccc2)cc1. The van der Waals surface area contributed by atoms with E-state index in [9.17, 15) is 0 Å². The summed E-state index contributed by atoms with van der Waals surface area (Å²) in [4.78, 5) is 0. The molecule has 0 amide bonds. The van der Waals surface area contributed by atoms with E-state index in [1.165, 1.54) is 48.8 Å². The van der Waals surface area contributed by atoms with E-state index in [0.29, 0.717) is 11.8 Å². The third kappa shape index (κ3) is 3.36. The highest BCUT2D eigenvalue weighted by Gasteiger charge is 2.23. The minimum Gasteiger partial charge on any atom is -0.330 e. The third-order valence-corrected chi connectivity index (χ3v) is 4.91. The Morgan fingerprint density at radius 3 is 2.14 bits per heavy atom. The van der Waals surface area contributed by atoms with Crippen LogP contribution in [0.15, 0.2) is 54.6 Å². The van der Waals surface area contributed by atoms with Gasteiger partial charge >= 0.3 is 0 Å². The summed E-state index contributed by atoms with van der Waals surface area (Å²) in [7, 11) is 0. The minimum absolute atomic E-state index is 0.655. The zero-order chi connectivity index (χ0) is 14.5. The second-order valence-corrected chi connectivity index (χ2v) is 6.23. The van der Waals surface area contributed by atoms with Gasteiger partial charge < -0.3 is 5.73 Å². The molecule has 0 heterocycles. The van der Waals surface area contributed by atoms with Crippen molar-refractivity contribution in [1.82, 2.24) is 0 Å². The van der Waals surface area contributed by atoms with Crippen molar-refractivity contribution in [1.29, 1.82) is 0 Å². The van der Waals surface area contributed by atoms with E-state index in [0.717, 1.165) is 6.54 Å². The standard InChI is InChI=1S/C20H25N/c21-15-19-9-5-2-6-10-20(19)18-13-11-17(12-14-18)16-7-3-1-4-8-16/h1,3-4,7-8,11-14,19-20H,2,5-6,9-10,15,21H2. The minimum atomic E-state index is 0.655. The van der Waals surface area contributed by atoms with Crippen molar-refractivity contribution in [2.75, 3.05) is 6.54 Å². The average Bonchev–Trinajstić information content (AvgIpc) is 2.81. The Hall–Kier alpha value is -1.60. The molecule has 0 radical (unpaired) electrons. The van der Waals surface area contributed by atoms with Crippen LogP contribution in [-0.4, -0.2) is 6.54 Å². The Kier molecular flexibility index (Phi) is 4.72. The molecule has 1 saturated carbocycles. The lowest BCUT2D eigenvalue weighted by atomic mass is 9.82. The molecule has 0 aliphatic heterocycles. The van der Waals surface area contributed by atoms with Crippen LogP contribution >= 0.6 is 0 Å². The summed E-state index contributed by atoms with van der Waals surface area (Å²) in [5.41, 5.74) is 10.1. The van der Waals surface area contributed by atoms with Crippen molar-refractivity contribution in [3.8, 4) is 11.1 Å². The predicted octanol–water partition coefficient (Wildman–Crippen LogP) is 4.98. The number of rotatable bonds is 3. The molecule has 2 aromatic carbocycles. The molecule has 21 heavy (non-hydrogen) atoms. The fourth-order valence-corrected chi connectivity index (χ4v) is 3.66. The molecule has 1 aliphatic rings. The molecule has 1 heteroatoms. The molecule has 1 aliphatic carbocycles. The lowest BCUT2D eigenvalue weighted by Gasteiger charge is -2.24. The van der Waals surface area contributed by atoms with Crippen LogP contribution in [0.4, 0.5) is 0 Å². The molecule has 1 nitrogen and oxygen atoms in total. The van der Waals surface area contributed by atoms with E-state index in [-0.39, 0.29) is 0 Å². The Labute approximate surface area is 128 Å². The molecule has 0 bridgehead atoms. The van der Waals surface area contributed by atoms with Gasteiger partial charge in [0.05, 0.1) is 0 Å². The lowest BCUT2D eigenvalue weighted by Crippen LogP contribution is -2.21. The van der Waals surface area contributed by atoms with Crippen molar-refractivity contribution in [3.05, 3.63) is 60.2 Å². The van der Waals surface area contributed by atoms with Gasteiger partial charge in [-0.05, 0) is 47.9 Å². The molecular weight excluding hydrogens is 254 g/mol. The van der Waals surface area contributed by atoms with E-state index < -0.39 is 0 Å². The molecule has 2 aromatic rings. The molecule has 110 valence electrons. The fourth-order valence-electron chi connectivity index (χ4n) is 3.66. The molecule has 0 saturated heterocycles. The highest BCUT2D eigenvalue weighted by molar-refractivity contribution is 5.63. The van der Waals surface area contributed by atoms with Gasteiger partial charge in [-0.1, -0.05) is 73.9 Å².